The predicted octanol–water partition coefficient (Wildman–Crippen LogP) is 3.63. The van der Waals surface area contributed by atoms with Gasteiger partial charge >= 0.3 is 17.8 Å². The summed E-state index contributed by atoms with van der Waals surface area (Å²) in [7, 11) is 0.786. The number of esters is 1. The fraction of sp³-hybridized carbons (Fsp3) is 0.278. The Labute approximate surface area is 164 Å². The maximum atomic E-state index is 14.0. The van der Waals surface area contributed by atoms with E-state index in [4.69, 9.17) is 11.6 Å². The van der Waals surface area contributed by atoms with Gasteiger partial charge in [0.1, 0.15) is 5.82 Å². The minimum Gasteiger partial charge on any atom is -0.466 e. The van der Waals surface area contributed by atoms with Crippen LogP contribution in [0.4, 0.5) is 19.0 Å². The molecule has 0 saturated heterocycles. The fourth-order valence-electron chi connectivity index (χ4n) is 2.49. The summed E-state index contributed by atoms with van der Waals surface area (Å²) in [5.74, 6) is -3.16. The number of carbonyl (C=O) groups is 2. The Kier molecular flexibility index (Phi) is 6.18. The van der Waals surface area contributed by atoms with Gasteiger partial charge in [-0.25, -0.2) is 9.78 Å². The van der Waals surface area contributed by atoms with Gasteiger partial charge in [0.2, 0.25) is 0 Å². The highest BCUT2D eigenvalue weighted by molar-refractivity contribution is 6.30. The molecule has 0 fully saturated rings. The van der Waals surface area contributed by atoms with Crippen molar-refractivity contribution in [1.29, 1.82) is 0 Å². The number of aromatic nitrogens is 1. The van der Waals surface area contributed by atoms with Crippen LogP contribution in [0.3, 0.4) is 0 Å². The molecule has 1 aromatic heterocycles. The lowest BCUT2D eigenvalue weighted by Gasteiger charge is -2.34. The lowest BCUT2D eigenvalue weighted by molar-refractivity contribution is -0.203. The van der Waals surface area contributed by atoms with Crippen LogP contribution in [0.25, 0.3) is 0 Å². The molecule has 0 spiro atoms. The van der Waals surface area contributed by atoms with Gasteiger partial charge < -0.3 is 15.4 Å². The van der Waals surface area contributed by atoms with E-state index in [1.165, 1.54) is 30.3 Å². The Morgan fingerprint density at radius 1 is 1.11 bits per heavy atom. The van der Waals surface area contributed by atoms with Crippen molar-refractivity contribution in [3.8, 4) is 0 Å². The van der Waals surface area contributed by atoms with Crippen LogP contribution in [0.15, 0.2) is 36.4 Å². The zero-order valence-corrected chi connectivity index (χ0v) is 15.9. The lowest BCUT2D eigenvalue weighted by atomic mass is 10.1. The van der Waals surface area contributed by atoms with Gasteiger partial charge in [-0.15, -0.1) is 0 Å². The first-order chi connectivity index (χ1) is 13.0. The van der Waals surface area contributed by atoms with Gasteiger partial charge in [-0.2, -0.15) is 13.2 Å². The summed E-state index contributed by atoms with van der Waals surface area (Å²) >= 11 is 5.73. The largest absolute Gasteiger partial charge is 0.466 e. The zero-order chi connectivity index (χ0) is 21.1. The molecule has 1 amide bonds. The molecule has 0 saturated carbocycles. The van der Waals surface area contributed by atoms with E-state index >= 15 is 0 Å². The predicted molar refractivity (Wildman–Crippen MR) is 97.1 cm³/mol. The fourth-order valence-corrected chi connectivity index (χ4v) is 2.61. The van der Waals surface area contributed by atoms with Gasteiger partial charge in [-0.05, 0) is 55.8 Å². The Hall–Kier alpha value is -2.81. The zero-order valence-electron chi connectivity index (χ0n) is 15.1. The van der Waals surface area contributed by atoms with Gasteiger partial charge in [-0.3, -0.25) is 4.79 Å². The Bertz CT molecular complexity index is 868. The molecule has 0 aliphatic heterocycles. The highest BCUT2D eigenvalue weighted by Gasteiger charge is 2.63. The smallest absolute Gasteiger partial charge is 0.441 e. The van der Waals surface area contributed by atoms with Crippen LogP contribution >= 0.6 is 11.6 Å². The molecule has 28 heavy (non-hydrogen) atoms. The second kappa shape index (κ2) is 8.05. The number of amides is 1. The first-order valence-corrected chi connectivity index (χ1v) is 8.33. The third kappa shape index (κ3) is 4.53. The number of hydrogen-bond donors (Lipinski definition) is 2. The van der Waals surface area contributed by atoms with E-state index < -0.39 is 23.7 Å². The number of alkyl halides is 3. The Morgan fingerprint density at radius 3 is 2.21 bits per heavy atom. The molecule has 150 valence electrons. The number of pyridine rings is 1. The third-order valence-corrected chi connectivity index (χ3v) is 3.99. The first-order valence-electron chi connectivity index (χ1n) is 7.95. The number of methoxy groups -OCH3 is 1. The van der Waals surface area contributed by atoms with Crippen LogP contribution < -0.4 is 10.6 Å². The van der Waals surface area contributed by atoms with Crippen molar-refractivity contribution < 1.29 is 27.5 Å². The standard InChI is InChI=1S/C18H17ClF3N3O3/c1-10-8-11(2)23-14(9-10)24-17(16(27)28-3,18(20,21)22)25-15(26)12-4-6-13(19)7-5-12/h4-9H,1-3H3,(H,23,24)(H,25,26). The molecule has 2 rings (SSSR count). The van der Waals surface area contributed by atoms with E-state index in [0.717, 1.165) is 7.11 Å². The molecule has 2 N–H and O–H groups in total. The summed E-state index contributed by atoms with van der Waals surface area (Å²) in [4.78, 5) is 28.6. The molecule has 6 nitrogen and oxygen atoms in total. The molecule has 10 heteroatoms. The SMILES string of the molecule is COC(=O)C(NC(=O)c1ccc(Cl)cc1)(Nc1cc(C)cc(C)n1)C(F)(F)F. The molecule has 0 aliphatic carbocycles. The number of ether oxygens (including phenoxy) is 1. The van der Waals surface area contributed by atoms with Crippen LogP contribution in [0, 0.1) is 13.8 Å². The number of rotatable bonds is 5. The molecule has 1 unspecified atom stereocenters. The van der Waals surface area contributed by atoms with Gasteiger partial charge in [0, 0.05) is 16.3 Å². The average Bonchev–Trinajstić information content (AvgIpc) is 2.59. The number of nitrogens with zero attached hydrogens (tertiary/aromatic N) is 1. The lowest BCUT2D eigenvalue weighted by Crippen LogP contribution is -2.69. The highest BCUT2D eigenvalue weighted by atomic mass is 35.5. The molecule has 0 bridgehead atoms. The van der Waals surface area contributed by atoms with Crippen molar-refractivity contribution in [2.75, 3.05) is 12.4 Å². The van der Waals surface area contributed by atoms with Crippen molar-refractivity contribution in [2.24, 2.45) is 0 Å². The Balaban J connectivity index is 2.52. The molecule has 0 radical (unpaired) electrons. The summed E-state index contributed by atoms with van der Waals surface area (Å²) in [5, 5.41) is 4.02. The average molecular weight is 416 g/mol. The maximum absolute atomic E-state index is 14.0. The van der Waals surface area contributed by atoms with E-state index in [1.54, 1.807) is 25.2 Å². The molecule has 2 aromatic rings. The van der Waals surface area contributed by atoms with Crippen LogP contribution in [-0.4, -0.2) is 35.8 Å². The van der Waals surface area contributed by atoms with Gasteiger partial charge in [0.05, 0.1) is 7.11 Å². The van der Waals surface area contributed by atoms with Crippen LogP contribution in [0.2, 0.25) is 5.02 Å². The van der Waals surface area contributed by atoms with Crippen molar-refractivity contribution in [3.05, 3.63) is 58.2 Å². The highest BCUT2D eigenvalue weighted by Crippen LogP contribution is 2.33. The van der Waals surface area contributed by atoms with Crippen molar-refractivity contribution in [3.63, 3.8) is 0 Å². The number of hydrogen-bond acceptors (Lipinski definition) is 5. The number of benzene rings is 1. The van der Waals surface area contributed by atoms with Crippen molar-refractivity contribution in [1.82, 2.24) is 10.3 Å². The number of halogens is 4. The second-order valence-electron chi connectivity index (χ2n) is 6.00. The first kappa shape index (κ1) is 21.5. The molecule has 1 heterocycles. The topological polar surface area (TPSA) is 80.3 Å². The van der Waals surface area contributed by atoms with Gasteiger partial charge in [0.25, 0.3) is 5.91 Å². The number of aryl methyl sites for hydroxylation is 2. The molecule has 1 atom stereocenters. The van der Waals surface area contributed by atoms with E-state index in [2.05, 4.69) is 9.72 Å². The summed E-state index contributed by atoms with van der Waals surface area (Å²) in [6.45, 7) is 3.23. The number of nitrogens with one attached hydrogen (secondary N) is 2. The summed E-state index contributed by atoms with van der Waals surface area (Å²) in [6, 6.07) is 8.08. The van der Waals surface area contributed by atoms with E-state index in [1.807, 2.05) is 5.32 Å². The molecular weight excluding hydrogens is 399 g/mol. The van der Waals surface area contributed by atoms with Crippen molar-refractivity contribution >= 4 is 29.3 Å². The minimum atomic E-state index is -5.25. The third-order valence-electron chi connectivity index (χ3n) is 3.74. The normalized spacial score (nSPS) is 13.4. The van der Waals surface area contributed by atoms with Gasteiger partial charge in [-0.1, -0.05) is 11.6 Å². The maximum Gasteiger partial charge on any atom is 0.441 e. The number of anilines is 1. The quantitative estimate of drug-likeness (QED) is 0.576. The van der Waals surface area contributed by atoms with Crippen LogP contribution in [0.5, 0.6) is 0 Å². The van der Waals surface area contributed by atoms with Crippen LogP contribution in [-0.2, 0) is 9.53 Å². The van der Waals surface area contributed by atoms with Gasteiger partial charge in [0.15, 0.2) is 0 Å². The summed E-state index contributed by atoms with van der Waals surface area (Å²) < 4.78 is 46.4. The van der Waals surface area contributed by atoms with E-state index in [9.17, 15) is 22.8 Å². The summed E-state index contributed by atoms with van der Waals surface area (Å²) in [5.41, 5.74) is -2.64. The summed E-state index contributed by atoms with van der Waals surface area (Å²) in [6.07, 6.45) is -5.25. The monoisotopic (exact) mass is 415 g/mol. The molecule has 1 aromatic carbocycles. The van der Waals surface area contributed by atoms with Crippen molar-refractivity contribution in [2.45, 2.75) is 25.7 Å². The minimum absolute atomic E-state index is 0.128. The van der Waals surface area contributed by atoms with Crippen LogP contribution in [0.1, 0.15) is 21.6 Å². The molecular formula is C18H17ClF3N3O3. The van der Waals surface area contributed by atoms with E-state index in [0.29, 0.717) is 16.3 Å². The second-order valence-corrected chi connectivity index (χ2v) is 6.43. The Morgan fingerprint density at radius 2 is 1.71 bits per heavy atom. The molecule has 0 aliphatic rings. The van der Waals surface area contributed by atoms with E-state index in [-0.39, 0.29) is 11.4 Å². The number of carbonyl (C=O) groups excluding carboxylic acids is 2.